The molecule has 0 N–H and O–H groups in total. The van der Waals surface area contributed by atoms with Crippen LogP contribution in [-0.4, -0.2) is 10.5 Å². The third-order valence-corrected chi connectivity index (χ3v) is 5.10. The standard InChI is InChI=1S/C15H14N2OS2/c1-9-7-10(2)13-12(8-9)20-15(17(13)3)16-14(18)11-5-4-6-19-11/h4-8H,1-3H3. The first-order chi connectivity index (χ1) is 9.56. The third-order valence-electron chi connectivity index (χ3n) is 3.16. The Morgan fingerprint density at radius 3 is 2.80 bits per heavy atom. The Morgan fingerprint density at radius 1 is 1.30 bits per heavy atom. The van der Waals surface area contributed by atoms with Crippen LogP contribution in [0, 0.1) is 13.8 Å². The molecule has 0 fully saturated rings. The number of hydrogen-bond acceptors (Lipinski definition) is 3. The molecule has 3 rings (SSSR count). The van der Waals surface area contributed by atoms with Gasteiger partial charge in [-0.15, -0.1) is 11.3 Å². The molecule has 102 valence electrons. The lowest BCUT2D eigenvalue weighted by Gasteiger charge is -2.01. The minimum atomic E-state index is -0.170. The summed E-state index contributed by atoms with van der Waals surface area (Å²) >= 11 is 2.98. The van der Waals surface area contributed by atoms with Crippen molar-refractivity contribution in [2.45, 2.75) is 13.8 Å². The van der Waals surface area contributed by atoms with Gasteiger partial charge in [0, 0.05) is 7.05 Å². The van der Waals surface area contributed by atoms with Crippen LogP contribution in [0.1, 0.15) is 20.8 Å². The lowest BCUT2D eigenvalue weighted by atomic mass is 10.1. The van der Waals surface area contributed by atoms with Crippen molar-refractivity contribution < 1.29 is 4.79 Å². The summed E-state index contributed by atoms with van der Waals surface area (Å²) in [5, 5.41) is 1.89. The molecule has 2 heterocycles. The van der Waals surface area contributed by atoms with Crippen LogP contribution in [-0.2, 0) is 7.05 Å². The second-order valence-electron chi connectivity index (χ2n) is 4.77. The number of amides is 1. The Balaban J connectivity index is 2.20. The van der Waals surface area contributed by atoms with E-state index in [1.807, 2.05) is 23.1 Å². The van der Waals surface area contributed by atoms with Gasteiger partial charge in [0.15, 0.2) is 4.80 Å². The van der Waals surface area contributed by atoms with E-state index in [4.69, 9.17) is 0 Å². The van der Waals surface area contributed by atoms with Crippen molar-refractivity contribution in [1.29, 1.82) is 0 Å². The van der Waals surface area contributed by atoms with Crippen LogP contribution in [0.25, 0.3) is 10.2 Å². The molecule has 0 aliphatic carbocycles. The summed E-state index contributed by atoms with van der Waals surface area (Å²) < 4.78 is 3.17. The van der Waals surface area contributed by atoms with Gasteiger partial charge in [0.2, 0.25) is 0 Å². The molecule has 2 aromatic heterocycles. The van der Waals surface area contributed by atoms with Crippen LogP contribution in [0.2, 0.25) is 0 Å². The second-order valence-corrected chi connectivity index (χ2v) is 6.72. The second kappa shape index (κ2) is 5.00. The van der Waals surface area contributed by atoms with E-state index in [2.05, 4.69) is 31.0 Å². The van der Waals surface area contributed by atoms with Crippen molar-refractivity contribution in [3.05, 3.63) is 50.5 Å². The molecule has 1 aromatic carbocycles. The summed E-state index contributed by atoms with van der Waals surface area (Å²) in [5.41, 5.74) is 3.59. The summed E-state index contributed by atoms with van der Waals surface area (Å²) in [7, 11) is 1.96. The first-order valence-corrected chi connectivity index (χ1v) is 7.95. The van der Waals surface area contributed by atoms with Crippen LogP contribution >= 0.6 is 22.7 Å². The summed E-state index contributed by atoms with van der Waals surface area (Å²) in [6.07, 6.45) is 0. The summed E-state index contributed by atoms with van der Waals surface area (Å²) in [6.45, 7) is 4.17. The molecule has 0 aliphatic rings. The highest BCUT2D eigenvalue weighted by Gasteiger charge is 2.09. The van der Waals surface area contributed by atoms with E-state index in [1.54, 1.807) is 17.4 Å². The van der Waals surface area contributed by atoms with Crippen molar-refractivity contribution in [3.8, 4) is 0 Å². The molecule has 0 saturated heterocycles. The number of nitrogens with zero attached hydrogens (tertiary/aromatic N) is 2. The maximum absolute atomic E-state index is 12.1. The van der Waals surface area contributed by atoms with Gasteiger partial charge < -0.3 is 4.57 Å². The van der Waals surface area contributed by atoms with Crippen LogP contribution in [0.4, 0.5) is 0 Å². The SMILES string of the molecule is Cc1cc(C)c2c(c1)sc(=NC(=O)c1cccs1)n2C. The Morgan fingerprint density at radius 2 is 2.10 bits per heavy atom. The minimum absolute atomic E-state index is 0.170. The predicted molar refractivity (Wildman–Crippen MR) is 84.5 cm³/mol. The largest absolute Gasteiger partial charge is 0.319 e. The van der Waals surface area contributed by atoms with Crippen molar-refractivity contribution in [2.24, 2.45) is 12.0 Å². The molecule has 0 atom stereocenters. The van der Waals surface area contributed by atoms with Gasteiger partial charge in [0.1, 0.15) is 0 Å². The maximum Gasteiger partial charge on any atom is 0.289 e. The molecular weight excluding hydrogens is 288 g/mol. The van der Waals surface area contributed by atoms with E-state index in [-0.39, 0.29) is 5.91 Å². The number of aryl methyl sites for hydroxylation is 3. The molecule has 5 heteroatoms. The topological polar surface area (TPSA) is 34.4 Å². The van der Waals surface area contributed by atoms with Gasteiger partial charge in [-0.2, -0.15) is 4.99 Å². The molecule has 0 spiro atoms. The first-order valence-electron chi connectivity index (χ1n) is 6.25. The van der Waals surface area contributed by atoms with Gasteiger partial charge in [0.05, 0.1) is 15.1 Å². The van der Waals surface area contributed by atoms with Crippen molar-refractivity contribution in [2.75, 3.05) is 0 Å². The Labute approximate surface area is 124 Å². The molecule has 0 aliphatic heterocycles. The Kier molecular flexibility index (Phi) is 3.31. The molecule has 1 amide bonds. The number of benzene rings is 1. The smallest absolute Gasteiger partial charge is 0.289 e. The molecule has 0 saturated carbocycles. The zero-order valence-electron chi connectivity index (χ0n) is 11.5. The number of carbonyl (C=O) groups is 1. The van der Waals surface area contributed by atoms with Gasteiger partial charge in [-0.05, 0) is 42.5 Å². The fourth-order valence-corrected chi connectivity index (χ4v) is 4.13. The molecule has 3 nitrogen and oxygen atoms in total. The Hall–Kier alpha value is -1.72. The highest BCUT2D eigenvalue weighted by atomic mass is 32.1. The molecule has 0 unspecified atom stereocenters. The number of rotatable bonds is 1. The van der Waals surface area contributed by atoms with Gasteiger partial charge in [0.25, 0.3) is 5.91 Å². The van der Waals surface area contributed by atoms with E-state index in [1.165, 1.54) is 27.2 Å². The number of hydrogen-bond donors (Lipinski definition) is 0. The zero-order valence-corrected chi connectivity index (χ0v) is 13.1. The highest BCUT2D eigenvalue weighted by molar-refractivity contribution is 7.16. The van der Waals surface area contributed by atoms with Crippen molar-refractivity contribution in [1.82, 2.24) is 4.57 Å². The normalized spacial score (nSPS) is 12.2. The average Bonchev–Trinajstić information content (AvgIpc) is 2.98. The lowest BCUT2D eigenvalue weighted by molar-refractivity contribution is 0.100. The molecule has 3 aromatic rings. The average molecular weight is 302 g/mol. The molecule has 0 radical (unpaired) electrons. The quantitative estimate of drug-likeness (QED) is 0.675. The van der Waals surface area contributed by atoms with Crippen LogP contribution in [0.3, 0.4) is 0 Å². The lowest BCUT2D eigenvalue weighted by Crippen LogP contribution is -2.13. The summed E-state index contributed by atoms with van der Waals surface area (Å²) in [4.78, 5) is 17.8. The van der Waals surface area contributed by atoms with Gasteiger partial charge >= 0.3 is 0 Å². The highest BCUT2D eigenvalue weighted by Crippen LogP contribution is 2.22. The van der Waals surface area contributed by atoms with E-state index < -0.39 is 0 Å². The van der Waals surface area contributed by atoms with E-state index >= 15 is 0 Å². The molecule has 0 bridgehead atoms. The van der Waals surface area contributed by atoms with Gasteiger partial charge in [-0.1, -0.05) is 23.5 Å². The fraction of sp³-hybridized carbons (Fsp3) is 0.200. The van der Waals surface area contributed by atoms with Gasteiger partial charge in [-0.25, -0.2) is 0 Å². The maximum atomic E-state index is 12.1. The van der Waals surface area contributed by atoms with Gasteiger partial charge in [-0.3, -0.25) is 4.79 Å². The third kappa shape index (κ3) is 2.23. The number of fused-ring (bicyclic) bond motifs is 1. The molecular formula is C15H14N2OS2. The number of carbonyl (C=O) groups excluding carboxylic acids is 1. The van der Waals surface area contributed by atoms with E-state index in [0.717, 1.165) is 10.3 Å². The monoisotopic (exact) mass is 302 g/mol. The summed E-state index contributed by atoms with van der Waals surface area (Å²) in [5.74, 6) is -0.170. The molecule has 20 heavy (non-hydrogen) atoms. The van der Waals surface area contributed by atoms with Crippen LogP contribution < -0.4 is 4.80 Å². The number of thiophene rings is 1. The minimum Gasteiger partial charge on any atom is -0.319 e. The van der Waals surface area contributed by atoms with Crippen LogP contribution in [0.15, 0.2) is 34.6 Å². The van der Waals surface area contributed by atoms with Crippen LogP contribution in [0.5, 0.6) is 0 Å². The number of thiazole rings is 1. The van der Waals surface area contributed by atoms with E-state index in [9.17, 15) is 4.79 Å². The fourth-order valence-electron chi connectivity index (χ4n) is 2.33. The Bertz CT molecular complexity index is 854. The van der Waals surface area contributed by atoms with Crippen molar-refractivity contribution >= 4 is 38.8 Å². The van der Waals surface area contributed by atoms with E-state index in [0.29, 0.717) is 4.88 Å². The number of aromatic nitrogens is 1. The first kappa shape index (κ1) is 13.3. The van der Waals surface area contributed by atoms with Crippen molar-refractivity contribution in [3.63, 3.8) is 0 Å². The predicted octanol–water partition coefficient (Wildman–Crippen LogP) is 3.66. The summed E-state index contributed by atoms with van der Waals surface area (Å²) in [6, 6.07) is 7.96. The zero-order chi connectivity index (χ0) is 14.3.